The molecule has 2 fully saturated rings. The van der Waals surface area contributed by atoms with Crippen molar-refractivity contribution in [2.24, 2.45) is 5.92 Å². The Morgan fingerprint density at radius 1 is 1.21 bits per heavy atom. The molecule has 0 aromatic carbocycles. The third kappa shape index (κ3) is 3.62. The van der Waals surface area contributed by atoms with Crippen LogP contribution in [0.1, 0.15) is 46.5 Å². The number of pyridine rings is 1. The van der Waals surface area contributed by atoms with Gasteiger partial charge in [0.15, 0.2) is 0 Å². The molecule has 3 nitrogen and oxygen atoms in total. The zero-order chi connectivity index (χ0) is 13.5. The summed E-state index contributed by atoms with van der Waals surface area (Å²) in [5, 5.41) is 3.47. The topological polar surface area (TPSA) is 28.2 Å². The van der Waals surface area contributed by atoms with Gasteiger partial charge in [0.25, 0.3) is 0 Å². The lowest BCUT2D eigenvalue weighted by molar-refractivity contribution is 0.629. The molecule has 1 heterocycles. The van der Waals surface area contributed by atoms with Crippen molar-refractivity contribution in [2.75, 3.05) is 16.8 Å². The van der Waals surface area contributed by atoms with Gasteiger partial charge in [0, 0.05) is 18.1 Å². The highest BCUT2D eigenvalue weighted by Gasteiger charge is 2.34. The molecule has 104 valence electrons. The molecule has 3 rings (SSSR count). The number of hydrogen-bond donors (Lipinski definition) is 1. The van der Waals surface area contributed by atoms with E-state index in [-0.39, 0.29) is 5.54 Å². The molecule has 0 spiro atoms. The highest BCUT2D eigenvalue weighted by atomic mass is 15.2. The Morgan fingerprint density at radius 3 is 2.53 bits per heavy atom. The van der Waals surface area contributed by atoms with Gasteiger partial charge in [-0.05, 0) is 64.5 Å². The third-order valence-electron chi connectivity index (χ3n) is 3.67. The molecule has 0 bridgehead atoms. The van der Waals surface area contributed by atoms with Gasteiger partial charge >= 0.3 is 0 Å². The molecule has 1 N–H and O–H groups in total. The lowest BCUT2D eigenvalue weighted by Gasteiger charge is -2.26. The zero-order valence-corrected chi connectivity index (χ0v) is 12.3. The van der Waals surface area contributed by atoms with E-state index >= 15 is 0 Å². The second-order valence-corrected chi connectivity index (χ2v) is 7.08. The third-order valence-corrected chi connectivity index (χ3v) is 3.67. The molecule has 2 aliphatic rings. The Kier molecular flexibility index (Phi) is 3.15. The molecule has 1 aromatic heterocycles. The van der Waals surface area contributed by atoms with Gasteiger partial charge in [-0.25, -0.2) is 4.98 Å². The largest absolute Gasteiger partial charge is 0.365 e. The van der Waals surface area contributed by atoms with E-state index < -0.39 is 0 Å². The van der Waals surface area contributed by atoms with Crippen LogP contribution in [0, 0.1) is 5.92 Å². The van der Waals surface area contributed by atoms with Gasteiger partial charge in [-0.2, -0.15) is 0 Å². The smallest absolute Gasteiger partial charge is 0.131 e. The Morgan fingerprint density at radius 2 is 1.95 bits per heavy atom. The predicted octanol–water partition coefficient (Wildman–Crippen LogP) is 3.67. The average Bonchev–Trinajstić information content (AvgIpc) is 3.17. The average molecular weight is 259 g/mol. The van der Waals surface area contributed by atoms with E-state index in [1.807, 2.05) is 0 Å². The second kappa shape index (κ2) is 4.69. The maximum atomic E-state index is 4.82. The van der Waals surface area contributed by atoms with Crippen LogP contribution in [-0.2, 0) is 0 Å². The van der Waals surface area contributed by atoms with Crippen molar-refractivity contribution in [3.8, 4) is 0 Å². The first-order valence-electron chi connectivity index (χ1n) is 7.53. The van der Waals surface area contributed by atoms with E-state index in [0.29, 0.717) is 0 Å². The lowest BCUT2D eigenvalue weighted by Crippen LogP contribution is -2.30. The minimum Gasteiger partial charge on any atom is -0.365 e. The second-order valence-electron chi connectivity index (χ2n) is 7.08. The van der Waals surface area contributed by atoms with Crippen LogP contribution in [0.15, 0.2) is 18.2 Å². The first-order chi connectivity index (χ1) is 9.01. The number of aromatic nitrogens is 1. The van der Waals surface area contributed by atoms with E-state index in [2.05, 4.69) is 49.2 Å². The molecule has 3 heteroatoms. The molecular weight excluding hydrogens is 234 g/mol. The number of nitrogens with zero attached hydrogens (tertiary/aromatic N) is 2. The molecule has 0 atom stereocenters. The van der Waals surface area contributed by atoms with Gasteiger partial charge in [-0.15, -0.1) is 0 Å². The summed E-state index contributed by atoms with van der Waals surface area (Å²) in [6, 6.07) is 7.10. The first kappa shape index (κ1) is 12.8. The molecule has 0 aliphatic heterocycles. The predicted molar refractivity (Wildman–Crippen MR) is 80.7 cm³/mol. The van der Waals surface area contributed by atoms with Crippen LogP contribution < -0.4 is 10.2 Å². The van der Waals surface area contributed by atoms with Crippen molar-refractivity contribution in [3.05, 3.63) is 18.2 Å². The molecule has 0 saturated heterocycles. The van der Waals surface area contributed by atoms with Crippen molar-refractivity contribution in [2.45, 2.75) is 58.0 Å². The minimum absolute atomic E-state index is 0.0620. The highest BCUT2D eigenvalue weighted by Crippen LogP contribution is 2.37. The number of hydrogen-bond acceptors (Lipinski definition) is 3. The van der Waals surface area contributed by atoms with Crippen LogP contribution >= 0.6 is 0 Å². The lowest BCUT2D eigenvalue weighted by atomic mass is 10.1. The monoisotopic (exact) mass is 259 g/mol. The fourth-order valence-corrected chi connectivity index (χ4v) is 2.43. The number of rotatable bonds is 5. The van der Waals surface area contributed by atoms with Gasteiger partial charge in [-0.1, -0.05) is 6.07 Å². The molecule has 19 heavy (non-hydrogen) atoms. The van der Waals surface area contributed by atoms with Gasteiger partial charge in [0.1, 0.15) is 11.6 Å². The van der Waals surface area contributed by atoms with Gasteiger partial charge in [0.05, 0.1) is 0 Å². The minimum atomic E-state index is 0.0620. The fraction of sp³-hybridized carbons (Fsp3) is 0.688. The SMILES string of the molecule is CC(C)(C)Nc1cccc(N(CC2CC2)C2CC2)n1. The van der Waals surface area contributed by atoms with Crippen molar-refractivity contribution in [3.63, 3.8) is 0 Å². The van der Waals surface area contributed by atoms with Crippen molar-refractivity contribution in [1.82, 2.24) is 4.98 Å². The Hall–Kier alpha value is -1.25. The summed E-state index contributed by atoms with van der Waals surface area (Å²) in [4.78, 5) is 7.35. The van der Waals surface area contributed by atoms with Crippen LogP contribution in [-0.4, -0.2) is 23.1 Å². The van der Waals surface area contributed by atoms with E-state index in [0.717, 1.165) is 23.6 Å². The Bertz CT molecular complexity index is 442. The standard InChI is InChI=1S/C16H25N3/c1-16(2,3)18-14-5-4-6-15(17-14)19(13-9-10-13)11-12-7-8-12/h4-6,12-13H,7-11H2,1-3H3,(H,17,18). The van der Waals surface area contributed by atoms with Crippen LogP contribution in [0.2, 0.25) is 0 Å². The number of nitrogens with one attached hydrogen (secondary N) is 1. The Balaban J connectivity index is 1.76. The molecule has 2 saturated carbocycles. The van der Waals surface area contributed by atoms with Gasteiger partial charge in [-0.3, -0.25) is 0 Å². The summed E-state index contributed by atoms with van der Waals surface area (Å²) in [5.74, 6) is 3.07. The van der Waals surface area contributed by atoms with E-state index in [4.69, 9.17) is 4.98 Å². The van der Waals surface area contributed by atoms with Gasteiger partial charge in [0.2, 0.25) is 0 Å². The van der Waals surface area contributed by atoms with Crippen LogP contribution in [0.25, 0.3) is 0 Å². The summed E-state index contributed by atoms with van der Waals surface area (Å²) < 4.78 is 0. The molecule has 2 aliphatic carbocycles. The summed E-state index contributed by atoms with van der Waals surface area (Å²) in [5.41, 5.74) is 0.0620. The van der Waals surface area contributed by atoms with Crippen LogP contribution in [0.3, 0.4) is 0 Å². The molecule has 0 amide bonds. The maximum Gasteiger partial charge on any atom is 0.131 e. The molecular formula is C16H25N3. The normalized spacial score (nSPS) is 19.3. The van der Waals surface area contributed by atoms with E-state index in [1.54, 1.807) is 0 Å². The summed E-state index contributed by atoms with van der Waals surface area (Å²) in [7, 11) is 0. The zero-order valence-electron chi connectivity index (χ0n) is 12.3. The quantitative estimate of drug-likeness (QED) is 0.874. The van der Waals surface area contributed by atoms with E-state index in [9.17, 15) is 0 Å². The fourth-order valence-electron chi connectivity index (χ4n) is 2.43. The summed E-state index contributed by atoms with van der Waals surface area (Å²) >= 11 is 0. The van der Waals surface area contributed by atoms with E-state index in [1.165, 1.54) is 32.2 Å². The highest BCUT2D eigenvalue weighted by molar-refractivity contribution is 5.49. The molecule has 0 radical (unpaired) electrons. The van der Waals surface area contributed by atoms with Crippen molar-refractivity contribution < 1.29 is 0 Å². The molecule has 1 aromatic rings. The van der Waals surface area contributed by atoms with Crippen molar-refractivity contribution >= 4 is 11.6 Å². The van der Waals surface area contributed by atoms with Crippen LogP contribution in [0.4, 0.5) is 11.6 Å². The van der Waals surface area contributed by atoms with Crippen LogP contribution in [0.5, 0.6) is 0 Å². The molecule has 0 unspecified atom stereocenters. The summed E-state index contributed by atoms with van der Waals surface area (Å²) in [6.07, 6.45) is 5.49. The number of anilines is 2. The maximum absolute atomic E-state index is 4.82. The van der Waals surface area contributed by atoms with Crippen molar-refractivity contribution in [1.29, 1.82) is 0 Å². The summed E-state index contributed by atoms with van der Waals surface area (Å²) in [6.45, 7) is 7.72. The first-order valence-corrected chi connectivity index (χ1v) is 7.53. The Labute approximate surface area is 116 Å². The van der Waals surface area contributed by atoms with Gasteiger partial charge < -0.3 is 10.2 Å².